The van der Waals surface area contributed by atoms with E-state index in [0.29, 0.717) is 23.0 Å². The molecule has 11 nitrogen and oxygen atoms in total. The highest BCUT2D eigenvalue weighted by atomic mass is 79.9. The normalized spacial score (nSPS) is 32.7. The van der Waals surface area contributed by atoms with Crippen molar-refractivity contribution >= 4 is 39.6 Å². The lowest BCUT2D eigenvalue weighted by molar-refractivity contribution is -0.163. The van der Waals surface area contributed by atoms with Crippen LogP contribution in [0.5, 0.6) is 0 Å². The predicted octanol–water partition coefficient (Wildman–Crippen LogP) is 3.27. The number of ether oxygens (including phenoxy) is 3. The Morgan fingerprint density at radius 1 is 1.11 bits per heavy atom. The van der Waals surface area contributed by atoms with Crippen LogP contribution in [0.2, 0.25) is 0 Å². The van der Waals surface area contributed by atoms with Gasteiger partial charge in [-0.15, -0.1) is 0 Å². The molecular weight excluding hydrogens is 670 g/mol. The molecule has 4 aliphatic rings. The molecule has 2 N–H and O–H groups in total. The smallest absolute Gasteiger partial charge is 0.313 e. The SMILES string of the molecule is CCCCN1C/C=C\CCC(=O)N[C@@H](COC)[C@H](c2ccccc2)OC(=O)[C@H]2[C@@H]3O[C@@]4(C=C3Br)[C@@H]2C(=O)N([C@@H](CO)C(C)C)[C@@H]4C1=O. The number of likely N-dealkylation sites (tertiary alicyclic amines) is 1. The maximum Gasteiger partial charge on any atom is 0.313 e. The number of carbonyl (C=O) groups excluding carboxylic acids is 4. The van der Waals surface area contributed by atoms with Gasteiger partial charge in [0.05, 0.1) is 31.2 Å². The van der Waals surface area contributed by atoms with Gasteiger partial charge < -0.3 is 34.4 Å². The molecule has 0 aliphatic carbocycles. The molecule has 1 aromatic carbocycles. The molecule has 4 heterocycles. The van der Waals surface area contributed by atoms with Crippen LogP contribution in [0.3, 0.4) is 0 Å². The highest BCUT2D eigenvalue weighted by molar-refractivity contribution is 9.11. The zero-order valence-corrected chi connectivity index (χ0v) is 29.1. The molecule has 0 unspecified atom stereocenters. The lowest BCUT2D eigenvalue weighted by atomic mass is 9.74. The van der Waals surface area contributed by atoms with Gasteiger partial charge in [-0.3, -0.25) is 19.2 Å². The second kappa shape index (κ2) is 15.0. The van der Waals surface area contributed by atoms with E-state index in [0.717, 1.165) is 12.8 Å². The number of hydrogen-bond acceptors (Lipinski definition) is 8. The molecule has 8 atom stereocenters. The summed E-state index contributed by atoms with van der Waals surface area (Å²) in [4.78, 5) is 60.1. The van der Waals surface area contributed by atoms with Gasteiger partial charge in [0.15, 0.2) is 0 Å². The number of rotatable bonds is 9. The molecule has 5 rings (SSSR count). The predicted molar refractivity (Wildman–Crippen MR) is 177 cm³/mol. The van der Waals surface area contributed by atoms with Crippen LogP contribution < -0.4 is 5.32 Å². The van der Waals surface area contributed by atoms with E-state index < -0.39 is 59.6 Å². The van der Waals surface area contributed by atoms with E-state index in [9.17, 15) is 24.3 Å². The largest absolute Gasteiger partial charge is 0.455 e. The first-order valence-corrected chi connectivity index (χ1v) is 17.3. The molecule has 256 valence electrons. The van der Waals surface area contributed by atoms with Crippen molar-refractivity contribution in [3.63, 3.8) is 0 Å². The van der Waals surface area contributed by atoms with Crippen molar-refractivity contribution in [2.24, 2.45) is 17.8 Å². The van der Waals surface area contributed by atoms with Crippen molar-refractivity contribution in [2.75, 3.05) is 33.4 Å². The van der Waals surface area contributed by atoms with Gasteiger partial charge in [-0.2, -0.15) is 0 Å². The van der Waals surface area contributed by atoms with Gasteiger partial charge in [0.2, 0.25) is 17.7 Å². The summed E-state index contributed by atoms with van der Waals surface area (Å²) in [6.45, 7) is 6.25. The summed E-state index contributed by atoms with van der Waals surface area (Å²) >= 11 is 3.60. The number of aliphatic hydroxyl groups is 1. The Balaban J connectivity index is 1.65. The number of benzene rings is 1. The third kappa shape index (κ3) is 6.66. The van der Waals surface area contributed by atoms with Gasteiger partial charge in [0.25, 0.3) is 0 Å². The molecule has 0 radical (unpaired) electrons. The van der Waals surface area contributed by atoms with Crippen LogP contribution in [-0.2, 0) is 33.4 Å². The van der Waals surface area contributed by atoms with Crippen molar-refractivity contribution in [3.8, 4) is 0 Å². The number of nitrogens with zero attached hydrogens (tertiary/aromatic N) is 2. The van der Waals surface area contributed by atoms with Gasteiger partial charge >= 0.3 is 5.97 Å². The van der Waals surface area contributed by atoms with Gasteiger partial charge in [0.1, 0.15) is 29.8 Å². The Morgan fingerprint density at radius 3 is 2.51 bits per heavy atom. The van der Waals surface area contributed by atoms with E-state index in [1.165, 1.54) is 12.0 Å². The molecule has 2 fully saturated rings. The number of halogens is 1. The van der Waals surface area contributed by atoms with Gasteiger partial charge in [-0.25, -0.2) is 0 Å². The van der Waals surface area contributed by atoms with E-state index in [2.05, 4.69) is 21.2 Å². The van der Waals surface area contributed by atoms with Gasteiger partial charge in [-0.05, 0) is 30.4 Å². The van der Waals surface area contributed by atoms with Crippen molar-refractivity contribution in [3.05, 3.63) is 58.6 Å². The molecule has 47 heavy (non-hydrogen) atoms. The van der Waals surface area contributed by atoms with E-state index in [1.807, 2.05) is 63.3 Å². The van der Waals surface area contributed by atoms with Crippen LogP contribution in [0, 0.1) is 17.8 Å². The Labute approximate surface area is 284 Å². The highest BCUT2D eigenvalue weighted by Gasteiger charge is 2.75. The highest BCUT2D eigenvalue weighted by Crippen LogP contribution is 2.59. The number of amides is 3. The second-order valence-corrected chi connectivity index (χ2v) is 14.0. The minimum Gasteiger partial charge on any atom is -0.455 e. The van der Waals surface area contributed by atoms with Crippen molar-refractivity contribution in [1.82, 2.24) is 15.1 Å². The first kappa shape index (κ1) is 35.3. The molecule has 0 aromatic heterocycles. The van der Waals surface area contributed by atoms with Crippen LogP contribution in [0.1, 0.15) is 58.1 Å². The van der Waals surface area contributed by atoms with E-state index in [-0.39, 0.29) is 43.9 Å². The van der Waals surface area contributed by atoms with Crippen LogP contribution in [0.4, 0.5) is 0 Å². The molecule has 0 saturated carbocycles. The van der Waals surface area contributed by atoms with Crippen LogP contribution in [-0.4, -0.2) is 102 Å². The fourth-order valence-corrected chi connectivity index (χ4v) is 8.16. The number of methoxy groups -OCH3 is 1. The van der Waals surface area contributed by atoms with Crippen molar-refractivity contribution in [1.29, 1.82) is 0 Å². The number of unbranched alkanes of at least 4 members (excludes halogenated alkanes) is 1. The molecule has 1 aromatic rings. The maximum absolute atomic E-state index is 14.7. The number of aliphatic hydroxyl groups excluding tert-OH is 1. The minimum absolute atomic E-state index is 0.0677. The van der Waals surface area contributed by atoms with Crippen LogP contribution in [0.25, 0.3) is 0 Å². The number of fused-ring (bicyclic) bond motifs is 2. The zero-order valence-electron chi connectivity index (χ0n) is 27.5. The molecule has 5 bridgehead atoms. The second-order valence-electron chi connectivity index (χ2n) is 13.1. The quantitative estimate of drug-likeness (QED) is 0.294. The summed E-state index contributed by atoms with van der Waals surface area (Å²) in [7, 11) is 1.51. The van der Waals surface area contributed by atoms with Gasteiger partial charge in [-0.1, -0.05) is 85.6 Å². The standard InChI is InChI=1S/C35H46BrN3O8/c1-5-6-16-38-17-12-8-11-15-26(41)37-24(20-45-4)29(22-13-9-7-10-14-22)46-34(44)27-28-32(42)39(25(19-40)21(2)3)31(33(38)43)35(28)18-23(36)30(27)47-35/h7-10,12-14,18,21,24-25,27-31,40H,5-6,11,15-17,19-20H2,1-4H3,(H,37,41)/b12-8-/t24-,25-,27+,28-,29-,30+,31+,35-/m0/s1. The van der Waals surface area contributed by atoms with Gasteiger partial charge in [0, 0.05) is 31.1 Å². The molecule has 12 heteroatoms. The number of cyclic esters (lactones) is 1. The zero-order chi connectivity index (χ0) is 33.9. The Bertz CT molecular complexity index is 1390. The van der Waals surface area contributed by atoms with Crippen molar-refractivity contribution in [2.45, 2.75) is 82.4 Å². The Hall–Kier alpha value is -3.06. The number of hydrogen-bond donors (Lipinski definition) is 2. The Kier molecular flexibility index (Phi) is 11.3. The number of nitrogens with one attached hydrogen (secondary N) is 1. The third-order valence-electron chi connectivity index (χ3n) is 9.74. The molecular formula is C35H46BrN3O8. The molecule has 4 aliphatic heterocycles. The minimum atomic E-state index is -1.45. The van der Waals surface area contributed by atoms with Crippen LogP contribution >= 0.6 is 15.9 Å². The Morgan fingerprint density at radius 2 is 1.85 bits per heavy atom. The third-order valence-corrected chi connectivity index (χ3v) is 10.4. The average molecular weight is 717 g/mol. The number of esters is 1. The molecule has 3 amide bonds. The summed E-state index contributed by atoms with van der Waals surface area (Å²) in [6, 6.07) is 6.58. The fourth-order valence-electron chi connectivity index (χ4n) is 7.42. The fraction of sp³-hybridized carbons (Fsp3) is 0.600. The summed E-state index contributed by atoms with van der Waals surface area (Å²) in [5.74, 6) is -4.00. The van der Waals surface area contributed by atoms with E-state index >= 15 is 0 Å². The topological polar surface area (TPSA) is 135 Å². The lowest BCUT2D eigenvalue weighted by Crippen LogP contribution is -2.59. The molecule has 1 spiro atoms. The maximum atomic E-state index is 14.7. The van der Waals surface area contributed by atoms with E-state index in [4.69, 9.17) is 14.2 Å². The monoisotopic (exact) mass is 715 g/mol. The first-order chi connectivity index (χ1) is 22.6. The summed E-state index contributed by atoms with van der Waals surface area (Å²) in [5, 5.41) is 13.6. The van der Waals surface area contributed by atoms with E-state index in [1.54, 1.807) is 11.0 Å². The number of allylic oxidation sites excluding steroid dienone is 1. The first-order valence-electron chi connectivity index (χ1n) is 16.6. The summed E-state index contributed by atoms with van der Waals surface area (Å²) in [5.41, 5.74) is -0.803. The van der Waals surface area contributed by atoms with Crippen LogP contribution in [0.15, 0.2) is 53.0 Å². The molecule has 2 saturated heterocycles. The number of carbonyl (C=O) groups is 4. The summed E-state index contributed by atoms with van der Waals surface area (Å²) in [6.07, 6.45) is 5.93. The average Bonchev–Trinajstić information content (AvgIpc) is 3.64. The lowest BCUT2D eigenvalue weighted by Gasteiger charge is -2.40. The summed E-state index contributed by atoms with van der Waals surface area (Å²) < 4.78 is 18.9. The van der Waals surface area contributed by atoms with Crippen molar-refractivity contribution < 1.29 is 38.5 Å².